The van der Waals surface area contributed by atoms with Crippen LogP contribution in [0, 0.1) is 6.92 Å². The smallest absolute Gasteiger partial charge is 0.248 e. The fourth-order valence-electron chi connectivity index (χ4n) is 2.60. The molecule has 6 heteroatoms. The van der Waals surface area contributed by atoms with Crippen molar-refractivity contribution in [3.63, 3.8) is 0 Å². The van der Waals surface area contributed by atoms with E-state index in [-0.39, 0.29) is 0 Å². The summed E-state index contributed by atoms with van der Waals surface area (Å²) in [4.78, 5) is 2.28. The van der Waals surface area contributed by atoms with E-state index in [1.807, 2.05) is 12.1 Å². The Morgan fingerprint density at radius 1 is 1.08 bits per heavy atom. The molecule has 2 aromatic carbocycles. The first-order valence-electron chi connectivity index (χ1n) is 8.51. The number of benzene rings is 2. The predicted octanol–water partition coefficient (Wildman–Crippen LogP) is 3.03. The lowest BCUT2D eigenvalue weighted by atomic mass is 10.1. The number of anilines is 1. The lowest BCUT2D eigenvalue weighted by Crippen LogP contribution is -2.16. The van der Waals surface area contributed by atoms with E-state index in [0.29, 0.717) is 12.5 Å². The summed E-state index contributed by atoms with van der Waals surface area (Å²) in [7, 11) is 2.13. The van der Waals surface area contributed by atoms with E-state index in [9.17, 15) is 0 Å². The Hall–Kier alpha value is -2.73. The van der Waals surface area contributed by atoms with E-state index < -0.39 is 0 Å². The molecule has 0 radical (unpaired) electrons. The number of aromatic nitrogens is 4. The van der Waals surface area contributed by atoms with Gasteiger partial charge in [-0.15, -0.1) is 0 Å². The van der Waals surface area contributed by atoms with Gasteiger partial charge in [0.2, 0.25) is 5.95 Å². The fraction of sp³-hybridized carbons (Fsp3) is 0.316. The first-order valence-corrected chi connectivity index (χ1v) is 8.51. The van der Waals surface area contributed by atoms with Crippen LogP contribution < -0.4 is 5.32 Å². The number of nitrogens with one attached hydrogen (secondary N) is 1. The van der Waals surface area contributed by atoms with Crippen LogP contribution in [0.5, 0.6) is 0 Å². The van der Waals surface area contributed by atoms with E-state index in [1.165, 1.54) is 16.7 Å². The summed E-state index contributed by atoms with van der Waals surface area (Å²) in [6, 6.07) is 16.7. The number of aryl methyl sites for hydroxylation is 1. The molecule has 130 valence electrons. The van der Waals surface area contributed by atoms with Gasteiger partial charge in [0.05, 0.1) is 5.69 Å². The zero-order chi connectivity index (χ0) is 17.6. The SMILES string of the molecule is CCN(C)Cc1cccc(CNc2nnnn2-c2ccc(C)cc2)c1. The number of tetrazole rings is 1. The molecule has 1 N–H and O–H groups in total. The molecule has 0 saturated heterocycles. The minimum atomic E-state index is 0.639. The zero-order valence-electron chi connectivity index (χ0n) is 15.0. The lowest BCUT2D eigenvalue weighted by molar-refractivity contribution is 0.345. The van der Waals surface area contributed by atoms with Crippen molar-refractivity contribution in [1.82, 2.24) is 25.1 Å². The van der Waals surface area contributed by atoms with Crippen LogP contribution in [0.15, 0.2) is 48.5 Å². The number of hydrogen-bond donors (Lipinski definition) is 1. The molecule has 3 rings (SSSR count). The van der Waals surface area contributed by atoms with Gasteiger partial charge in [-0.1, -0.05) is 54.0 Å². The third-order valence-electron chi connectivity index (χ3n) is 4.18. The summed E-state index contributed by atoms with van der Waals surface area (Å²) in [5.74, 6) is 0.639. The molecule has 3 aromatic rings. The first-order chi connectivity index (χ1) is 12.2. The molecule has 1 heterocycles. The van der Waals surface area contributed by atoms with Gasteiger partial charge < -0.3 is 10.2 Å². The first kappa shape index (κ1) is 17.1. The maximum atomic E-state index is 4.10. The van der Waals surface area contributed by atoms with Crippen molar-refractivity contribution in [2.45, 2.75) is 26.9 Å². The van der Waals surface area contributed by atoms with Crippen molar-refractivity contribution < 1.29 is 0 Å². The van der Waals surface area contributed by atoms with Gasteiger partial charge in [-0.05, 0) is 54.2 Å². The van der Waals surface area contributed by atoms with Crippen LogP contribution in [0.3, 0.4) is 0 Å². The second kappa shape index (κ2) is 7.90. The molecule has 0 unspecified atom stereocenters. The Labute approximate surface area is 148 Å². The highest BCUT2D eigenvalue weighted by atomic mass is 15.6. The van der Waals surface area contributed by atoms with Crippen molar-refractivity contribution in [2.75, 3.05) is 18.9 Å². The second-order valence-electron chi connectivity index (χ2n) is 6.25. The van der Waals surface area contributed by atoms with Gasteiger partial charge in [-0.3, -0.25) is 0 Å². The largest absolute Gasteiger partial charge is 0.349 e. The van der Waals surface area contributed by atoms with Crippen LogP contribution in [0.1, 0.15) is 23.6 Å². The van der Waals surface area contributed by atoms with Gasteiger partial charge in [0.15, 0.2) is 0 Å². The van der Waals surface area contributed by atoms with Gasteiger partial charge in [-0.2, -0.15) is 4.68 Å². The molecule has 0 spiro atoms. The maximum Gasteiger partial charge on any atom is 0.248 e. The average molecular weight is 336 g/mol. The van der Waals surface area contributed by atoms with Crippen molar-refractivity contribution in [3.05, 3.63) is 65.2 Å². The number of nitrogens with zero attached hydrogens (tertiary/aromatic N) is 5. The van der Waals surface area contributed by atoms with E-state index in [4.69, 9.17) is 0 Å². The molecular weight excluding hydrogens is 312 g/mol. The molecule has 6 nitrogen and oxygen atoms in total. The van der Waals surface area contributed by atoms with Crippen LogP contribution in [-0.4, -0.2) is 38.7 Å². The van der Waals surface area contributed by atoms with Crippen LogP contribution in [0.2, 0.25) is 0 Å². The predicted molar refractivity (Wildman–Crippen MR) is 99.7 cm³/mol. The van der Waals surface area contributed by atoms with Gasteiger partial charge >= 0.3 is 0 Å². The monoisotopic (exact) mass is 336 g/mol. The minimum Gasteiger partial charge on any atom is -0.349 e. The summed E-state index contributed by atoms with van der Waals surface area (Å²) < 4.78 is 1.72. The van der Waals surface area contributed by atoms with E-state index in [2.05, 4.69) is 83.0 Å². The summed E-state index contributed by atoms with van der Waals surface area (Å²) in [5, 5.41) is 15.3. The van der Waals surface area contributed by atoms with Crippen LogP contribution in [0.4, 0.5) is 5.95 Å². The van der Waals surface area contributed by atoms with E-state index in [0.717, 1.165) is 18.8 Å². The summed E-state index contributed by atoms with van der Waals surface area (Å²) >= 11 is 0. The molecule has 0 saturated carbocycles. The Morgan fingerprint density at radius 3 is 2.60 bits per heavy atom. The Bertz CT molecular complexity index is 809. The second-order valence-corrected chi connectivity index (χ2v) is 6.25. The molecule has 1 aromatic heterocycles. The average Bonchev–Trinajstić information content (AvgIpc) is 3.09. The van der Waals surface area contributed by atoms with Crippen molar-refractivity contribution in [3.8, 4) is 5.69 Å². The van der Waals surface area contributed by atoms with Crippen LogP contribution in [-0.2, 0) is 13.1 Å². The van der Waals surface area contributed by atoms with Gasteiger partial charge in [0, 0.05) is 13.1 Å². The van der Waals surface area contributed by atoms with Crippen LogP contribution >= 0.6 is 0 Å². The van der Waals surface area contributed by atoms with Crippen LogP contribution in [0.25, 0.3) is 5.69 Å². The topological polar surface area (TPSA) is 58.9 Å². The number of rotatable bonds is 7. The Balaban J connectivity index is 1.69. The fourth-order valence-corrected chi connectivity index (χ4v) is 2.60. The molecule has 0 amide bonds. The third-order valence-corrected chi connectivity index (χ3v) is 4.18. The molecule has 25 heavy (non-hydrogen) atoms. The molecule has 0 aliphatic rings. The summed E-state index contributed by atoms with van der Waals surface area (Å²) in [6.07, 6.45) is 0. The van der Waals surface area contributed by atoms with Gasteiger partial charge in [0.25, 0.3) is 0 Å². The minimum absolute atomic E-state index is 0.639. The standard InChI is InChI=1S/C19H24N6/c1-4-24(3)14-17-7-5-6-16(12-17)13-20-19-21-22-23-25(19)18-10-8-15(2)9-11-18/h5-12H,4,13-14H2,1-3H3,(H,20,21,23). The van der Waals surface area contributed by atoms with Crippen molar-refractivity contribution in [1.29, 1.82) is 0 Å². The highest BCUT2D eigenvalue weighted by molar-refractivity contribution is 5.40. The Morgan fingerprint density at radius 2 is 1.84 bits per heavy atom. The highest BCUT2D eigenvalue weighted by Crippen LogP contribution is 2.14. The summed E-state index contributed by atoms with van der Waals surface area (Å²) in [5.41, 5.74) is 4.67. The van der Waals surface area contributed by atoms with Gasteiger partial charge in [0.1, 0.15) is 0 Å². The maximum absolute atomic E-state index is 4.10. The molecular formula is C19H24N6. The molecule has 0 aliphatic heterocycles. The molecule has 0 fully saturated rings. The summed E-state index contributed by atoms with van der Waals surface area (Å²) in [6.45, 7) is 6.89. The van der Waals surface area contributed by atoms with E-state index in [1.54, 1.807) is 4.68 Å². The zero-order valence-corrected chi connectivity index (χ0v) is 15.0. The molecule has 0 bridgehead atoms. The van der Waals surface area contributed by atoms with Crippen molar-refractivity contribution in [2.24, 2.45) is 0 Å². The lowest BCUT2D eigenvalue weighted by Gasteiger charge is -2.14. The van der Waals surface area contributed by atoms with E-state index >= 15 is 0 Å². The van der Waals surface area contributed by atoms with Crippen molar-refractivity contribution >= 4 is 5.95 Å². The third kappa shape index (κ3) is 4.42. The normalized spacial score (nSPS) is 11.0. The highest BCUT2D eigenvalue weighted by Gasteiger charge is 2.08. The molecule has 0 atom stereocenters. The quantitative estimate of drug-likeness (QED) is 0.719. The number of hydrogen-bond acceptors (Lipinski definition) is 5. The Kier molecular flexibility index (Phi) is 5.40. The van der Waals surface area contributed by atoms with Gasteiger partial charge in [-0.25, -0.2) is 0 Å². The molecule has 0 aliphatic carbocycles.